The molecule has 0 saturated heterocycles. The maximum Gasteiger partial charge on any atom is 0.212 e. The molecule has 0 aliphatic rings. The van der Waals surface area contributed by atoms with Crippen LogP contribution >= 0.6 is 0 Å². The lowest BCUT2D eigenvalue weighted by molar-refractivity contribution is -0.660. The van der Waals surface area contributed by atoms with Crippen LogP contribution in [0.2, 0.25) is 0 Å². The van der Waals surface area contributed by atoms with E-state index in [2.05, 4.69) is 168 Å². The molecule has 5 aromatic carbocycles. The van der Waals surface area contributed by atoms with Crippen molar-refractivity contribution in [3.05, 3.63) is 269 Å². The summed E-state index contributed by atoms with van der Waals surface area (Å²) in [4.78, 5) is 0. The third kappa shape index (κ3) is 17.4. The minimum Gasteiger partial charge on any atom is -0.201 e. The highest BCUT2D eigenvalue weighted by atomic mass is 14.9. The first-order valence-electron chi connectivity index (χ1n) is 32.5. The summed E-state index contributed by atoms with van der Waals surface area (Å²) in [6, 6.07) is 61.3. The molecule has 10 aromatic rings. The maximum absolute atomic E-state index is 8.26. The van der Waals surface area contributed by atoms with Crippen molar-refractivity contribution < 1.29 is 33.8 Å². The summed E-state index contributed by atoms with van der Waals surface area (Å²) in [5, 5.41) is 0. The fourth-order valence-corrected chi connectivity index (χ4v) is 9.85. The highest BCUT2D eigenvalue weighted by molar-refractivity contribution is 5.64. The van der Waals surface area contributed by atoms with Crippen LogP contribution in [0.15, 0.2) is 213 Å². The Morgan fingerprint density at radius 1 is 0.378 bits per heavy atom. The normalized spacial score (nSPS) is 13.3. The number of pyridine rings is 5. The second-order valence-corrected chi connectivity index (χ2v) is 21.6. The molecule has 422 valence electrons. The molecule has 0 aliphatic carbocycles. The largest absolute Gasteiger partial charge is 0.212 e. The second kappa shape index (κ2) is 30.6. The Morgan fingerprint density at radius 2 is 0.780 bits per heavy atom. The number of aryl methyl sites for hydroxylation is 13. The summed E-state index contributed by atoms with van der Waals surface area (Å²) in [7, 11) is 10.1. The molecule has 5 nitrogen and oxygen atoms in total. The quantitative estimate of drug-likeness (QED) is 0.122. The number of aromatic nitrogens is 5. The molecule has 0 radical (unpaired) electrons. The van der Waals surface area contributed by atoms with Crippen molar-refractivity contribution >= 4 is 0 Å². The number of hydrogen-bond acceptors (Lipinski definition) is 0. The van der Waals surface area contributed by atoms with Crippen LogP contribution in [-0.2, 0) is 54.4 Å². The van der Waals surface area contributed by atoms with E-state index in [1.54, 1.807) is 13.0 Å². The summed E-state index contributed by atoms with van der Waals surface area (Å²) >= 11 is 0. The highest BCUT2D eigenvalue weighted by Gasteiger charge is 2.17. The first kappa shape index (κ1) is 52.0. The lowest BCUT2D eigenvalue weighted by Crippen LogP contribution is -2.30. The Balaban J connectivity index is 0.000000180. The van der Waals surface area contributed by atoms with E-state index in [1.165, 1.54) is 62.8 Å². The lowest BCUT2D eigenvalue weighted by Gasteiger charge is -2.08. The first-order valence-corrected chi connectivity index (χ1v) is 28.5. The van der Waals surface area contributed by atoms with Gasteiger partial charge in [0.05, 0.1) is 0 Å². The molecule has 0 fully saturated rings. The van der Waals surface area contributed by atoms with Crippen molar-refractivity contribution in [1.82, 2.24) is 0 Å². The van der Waals surface area contributed by atoms with Crippen molar-refractivity contribution in [3.8, 4) is 56.3 Å². The SMILES string of the molecule is CCc1ccc(-c2cccc[n+]2C)c(C)c1.Cc1ccc(-c2cccc[n+]2C)c(C)c1.[2H]C([2H])(C)c1cc[n+](C)c(-c2ccccc2C)c1.[2H]C([2H])([2H])C([2H])(C)c1cc[n+](C)c(-c2ccccc2C)c1.[2H]C([2H])(c1cc[n+](C)c(-c2ccccc2C)c1)C(C)C. The minimum atomic E-state index is -2.37. The van der Waals surface area contributed by atoms with Crippen LogP contribution in [0.5, 0.6) is 0 Å². The van der Waals surface area contributed by atoms with Gasteiger partial charge in [-0.1, -0.05) is 126 Å². The van der Waals surface area contributed by atoms with Gasteiger partial charge in [-0.05, 0) is 165 Å². The topological polar surface area (TPSA) is 19.4 Å². The van der Waals surface area contributed by atoms with Gasteiger partial charge >= 0.3 is 0 Å². The Labute approximate surface area is 505 Å². The Morgan fingerprint density at radius 3 is 1.21 bits per heavy atom. The molecule has 5 heterocycles. The summed E-state index contributed by atoms with van der Waals surface area (Å²) in [5.74, 6) is -1.68. The van der Waals surface area contributed by atoms with Crippen LogP contribution in [0.3, 0.4) is 0 Å². The van der Waals surface area contributed by atoms with Crippen LogP contribution < -0.4 is 22.8 Å². The molecule has 5 heteroatoms. The predicted molar refractivity (Wildman–Crippen MR) is 345 cm³/mol. The molecule has 0 spiro atoms. The summed E-state index contributed by atoms with van der Waals surface area (Å²) < 4.78 is 73.5. The third-order valence-electron chi connectivity index (χ3n) is 14.6. The molecule has 0 bridgehead atoms. The molecule has 82 heavy (non-hydrogen) atoms. The Kier molecular flexibility index (Phi) is 19.4. The van der Waals surface area contributed by atoms with E-state index >= 15 is 0 Å². The van der Waals surface area contributed by atoms with E-state index in [9.17, 15) is 0 Å². The zero-order chi connectivity index (χ0) is 66.5. The van der Waals surface area contributed by atoms with Gasteiger partial charge in [0.1, 0.15) is 35.2 Å². The van der Waals surface area contributed by atoms with Crippen LogP contribution in [0.25, 0.3) is 56.3 Å². The fraction of sp³-hybridized carbons (Fsp3) is 0.286. The van der Waals surface area contributed by atoms with Gasteiger partial charge in [-0.3, -0.25) is 0 Å². The van der Waals surface area contributed by atoms with Gasteiger partial charge in [-0.15, -0.1) is 0 Å². The predicted octanol–water partition coefficient (Wildman–Crippen LogP) is 16.2. The first-order chi connectivity index (χ1) is 42.3. The minimum absolute atomic E-state index is 0.0556. The molecule has 5 aromatic heterocycles. The molecule has 1 atom stereocenters. The maximum atomic E-state index is 8.26. The van der Waals surface area contributed by atoms with Crippen LogP contribution in [0, 0.1) is 47.5 Å². The van der Waals surface area contributed by atoms with E-state index < -0.39 is 25.5 Å². The zero-order valence-electron chi connectivity index (χ0n) is 59.7. The average molecular weight is 1100 g/mol. The monoisotopic (exact) mass is 1100 g/mol. The van der Waals surface area contributed by atoms with Crippen molar-refractivity contribution in [1.29, 1.82) is 0 Å². The number of nitrogens with zero attached hydrogens (tertiary/aromatic N) is 5. The molecule has 0 aliphatic heterocycles. The highest BCUT2D eigenvalue weighted by Crippen LogP contribution is 2.26. The van der Waals surface area contributed by atoms with Gasteiger partial charge in [0.25, 0.3) is 0 Å². The van der Waals surface area contributed by atoms with Crippen molar-refractivity contribution in [2.24, 2.45) is 41.2 Å². The van der Waals surface area contributed by atoms with Crippen molar-refractivity contribution in [3.63, 3.8) is 0 Å². The van der Waals surface area contributed by atoms with Crippen LogP contribution in [0.4, 0.5) is 0 Å². The Hall–Kier alpha value is -8.15. The molecular weight excluding hydrogens is 995 g/mol. The zero-order valence-corrected chi connectivity index (χ0v) is 51.7. The van der Waals surface area contributed by atoms with Gasteiger partial charge in [0.2, 0.25) is 28.5 Å². The smallest absolute Gasteiger partial charge is 0.201 e. The van der Waals surface area contributed by atoms with Crippen molar-refractivity contribution in [2.45, 2.75) is 108 Å². The number of benzene rings is 5. The number of hydrogen-bond donors (Lipinski definition) is 0. The Bertz CT molecular complexity index is 4050. The second-order valence-electron chi connectivity index (χ2n) is 21.6. The molecule has 0 N–H and O–H groups in total. The van der Waals surface area contributed by atoms with Gasteiger partial charge in [0.15, 0.2) is 31.0 Å². The van der Waals surface area contributed by atoms with E-state index in [0.717, 1.165) is 51.3 Å². The lowest BCUT2D eigenvalue weighted by atomic mass is 9.99. The van der Waals surface area contributed by atoms with Gasteiger partial charge in [0, 0.05) is 99.4 Å². The molecule has 0 amide bonds. The average Bonchev–Trinajstić information content (AvgIpc) is 0.964. The molecule has 10 rings (SSSR count). The van der Waals surface area contributed by atoms with Crippen LogP contribution in [0.1, 0.15) is 114 Å². The van der Waals surface area contributed by atoms with E-state index in [0.29, 0.717) is 11.1 Å². The standard InChI is InChI=1S/C17H22N.C16H20N.2C15H18N.C14H16N/c1-13(2)11-15-9-10-18(4)17(12-15)16-8-6-5-7-14(16)3;1-12(2)14-9-10-17(4)16(11-14)15-8-6-5-7-13(15)3;1-4-13-8-9-14(12(2)11-13)15-7-5-6-10-16(15)3;1-4-13-9-10-16(3)15(11-13)14-8-6-5-7-12(14)2;1-11-7-8-13(12(2)10-11)14-6-4-5-9-15(14)3/h5-10,12-13H,11H2,1-4H3;5-12H,1-4H3;2*5-11H,4H2,1-3H3;4-10H,1-3H3/q5*+1/i11D2;1D3,12D;;4D2;. The summed E-state index contributed by atoms with van der Waals surface area (Å²) in [6.07, 6.45) is 8.31. The van der Waals surface area contributed by atoms with E-state index in [-0.39, 0.29) is 5.92 Å². The molecule has 1 unspecified atom stereocenters. The molecule has 0 saturated carbocycles. The molecular formula is C77H94N5+5. The van der Waals surface area contributed by atoms with Crippen molar-refractivity contribution in [2.75, 3.05) is 0 Å². The van der Waals surface area contributed by atoms with Gasteiger partial charge < -0.3 is 0 Å². The number of rotatable bonds is 10. The van der Waals surface area contributed by atoms with Gasteiger partial charge in [-0.25, -0.2) is 22.8 Å². The third-order valence-corrected chi connectivity index (χ3v) is 14.6. The summed E-state index contributed by atoms with van der Waals surface area (Å²) in [6.45, 7) is 19.3. The van der Waals surface area contributed by atoms with Gasteiger partial charge in [-0.2, -0.15) is 0 Å². The van der Waals surface area contributed by atoms with Crippen LogP contribution in [-0.4, -0.2) is 0 Å². The summed E-state index contributed by atoms with van der Waals surface area (Å²) in [5.41, 5.74) is 22.3. The fourth-order valence-electron chi connectivity index (χ4n) is 9.85. The van der Waals surface area contributed by atoms with E-state index in [4.69, 9.17) is 11.0 Å². The van der Waals surface area contributed by atoms with E-state index in [1.807, 2.05) is 159 Å².